The van der Waals surface area contributed by atoms with Crippen molar-refractivity contribution >= 4 is 17.0 Å². The predicted octanol–water partition coefficient (Wildman–Crippen LogP) is 3.30. The van der Waals surface area contributed by atoms with E-state index in [2.05, 4.69) is 65.2 Å². The minimum atomic E-state index is 0.803. The number of aryl methyl sites for hydroxylation is 2. The number of hydrogen-bond donors (Lipinski definition) is 1. The highest BCUT2D eigenvalue weighted by Gasteiger charge is 2.02. The van der Waals surface area contributed by atoms with Gasteiger partial charge in [0.05, 0.1) is 5.69 Å². The summed E-state index contributed by atoms with van der Waals surface area (Å²) in [6.07, 6.45) is 4.20. The fourth-order valence-corrected chi connectivity index (χ4v) is 2.99. The van der Waals surface area contributed by atoms with Gasteiger partial charge in [-0.15, -0.1) is 11.3 Å². The lowest BCUT2D eigenvalue weighted by Crippen LogP contribution is -2.11. The van der Waals surface area contributed by atoms with Gasteiger partial charge in [0, 0.05) is 35.2 Å². The first-order chi connectivity index (χ1) is 9.20. The molecular formula is C15H17N3S. The number of pyridine rings is 1. The van der Waals surface area contributed by atoms with E-state index in [1.54, 1.807) is 0 Å². The van der Waals surface area contributed by atoms with E-state index >= 15 is 0 Å². The van der Waals surface area contributed by atoms with Crippen LogP contribution in [0.2, 0.25) is 0 Å². The molecule has 0 atom stereocenters. The Morgan fingerprint density at radius 2 is 2.00 bits per heavy atom. The lowest BCUT2D eigenvalue weighted by atomic mass is 10.3. The zero-order valence-electron chi connectivity index (χ0n) is 11.2. The van der Waals surface area contributed by atoms with Crippen LogP contribution in [0, 0.1) is 13.8 Å². The van der Waals surface area contributed by atoms with Crippen LogP contribution in [0.15, 0.2) is 36.7 Å². The molecular weight excluding hydrogens is 254 g/mol. The Morgan fingerprint density at radius 3 is 2.79 bits per heavy atom. The second-order valence-electron chi connectivity index (χ2n) is 4.82. The molecule has 3 heterocycles. The lowest BCUT2D eigenvalue weighted by molar-refractivity contribution is 0.690. The maximum Gasteiger partial charge on any atom is 0.137 e. The molecule has 0 saturated carbocycles. The molecule has 0 unspecified atom stereocenters. The molecule has 0 saturated heterocycles. The third kappa shape index (κ3) is 2.85. The fraction of sp³-hybridized carbons (Fsp3) is 0.267. The molecule has 0 aliphatic rings. The number of nitrogens with one attached hydrogen (secondary N) is 1. The van der Waals surface area contributed by atoms with Crippen LogP contribution >= 0.6 is 11.3 Å². The topological polar surface area (TPSA) is 29.3 Å². The summed E-state index contributed by atoms with van der Waals surface area (Å²) in [6.45, 7) is 5.94. The highest BCUT2D eigenvalue weighted by atomic mass is 32.1. The Balaban J connectivity index is 1.65. The van der Waals surface area contributed by atoms with Gasteiger partial charge in [-0.3, -0.25) is 0 Å². The Hall–Kier alpha value is -1.65. The summed E-state index contributed by atoms with van der Waals surface area (Å²) in [5, 5.41) is 3.44. The number of nitrogens with zero attached hydrogens (tertiary/aromatic N) is 2. The standard InChI is InChI=1S/C15H17N3S/c1-11-3-6-15-17-13(10-18(15)9-11)7-16-8-14-5-4-12(2)19-14/h3-6,9-10,16H,7-8H2,1-2H3. The zero-order valence-corrected chi connectivity index (χ0v) is 12.0. The van der Waals surface area contributed by atoms with Gasteiger partial charge in [0.2, 0.25) is 0 Å². The molecule has 0 spiro atoms. The van der Waals surface area contributed by atoms with Gasteiger partial charge in [0.15, 0.2) is 0 Å². The highest BCUT2D eigenvalue weighted by Crippen LogP contribution is 2.14. The fourth-order valence-electron chi connectivity index (χ4n) is 2.13. The molecule has 0 amide bonds. The maximum atomic E-state index is 4.59. The first-order valence-corrected chi connectivity index (χ1v) is 7.22. The van der Waals surface area contributed by atoms with Gasteiger partial charge >= 0.3 is 0 Å². The minimum Gasteiger partial charge on any atom is -0.307 e. The van der Waals surface area contributed by atoms with Crippen LogP contribution in [0.4, 0.5) is 0 Å². The number of imidazole rings is 1. The largest absolute Gasteiger partial charge is 0.307 e. The van der Waals surface area contributed by atoms with Crippen LogP contribution in [0.1, 0.15) is 21.0 Å². The van der Waals surface area contributed by atoms with Gasteiger partial charge in [-0.2, -0.15) is 0 Å². The molecule has 0 bridgehead atoms. The molecule has 1 N–H and O–H groups in total. The summed E-state index contributed by atoms with van der Waals surface area (Å²) in [4.78, 5) is 7.33. The minimum absolute atomic E-state index is 0.803. The zero-order chi connectivity index (χ0) is 13.2. The SMILES string of the molecule is Cc1ccc2nc(CNCc3ccc(C)s3)cn2c1. The van der Waals surface area contributed by atoms with Gasteiger partial charge in [-0.05, 0) is 37.6 Å². The maximum absolute atomic E-state index is 4.59. The molecule has 3 rings (SSSR count). The Labute approximate surface area is 116 Å². The smallest absolute Gasteiger partial charge is 0.137 e. The van der Waals surface area contributed by atoms with Crippen molar-refractivity contribution in [2.45, 2.75) is 26.9 Å². The Kier molecular flexibility index (Phi) is 3.36. The number of thiophene rings is 1. The second-order valence-corrected chi connectivity index (χ2v) is 6.19. The summed E-state index contributed by atoms with van der Waals surface area (Å²) >= 11 is 1.84. The monoisotopic (exact) mass is 271 g/mol. The van der Waals surface area contributed by atoms with Crippen molar-refractivity contribution in [1.82, 2.24) is 14.7 Å². The van der Waals surface area contributed by atoms with E-state index in [4.69, 9.17) is 0 Å². The number of hydrogen-bond acceptors (Lipinski definition) is 3. The number of fused-ring (bicyclic) bond motifs is 1. The number of aromatic nitrogens is 2. The molecule has 0 aromatic carbocycles. The van der Waals surface area contributed by atoms with Gasteiger partial charge in [-0.1, -0.05) is 6.07 Å². The molecule has 3 aromatic rings. The van der Waals surface area contributed by atoms with Crippen LogP contribution in [0.5, 0.6) is 0 Å². The summed E-state index contributed by atoms with van der Waals surface area (Å²) in [5.74, 6) is 0. The van der Waals surface area contributed by atoms with E-state index in [1.807, 2.05) is 11.3 Å². The van der Waals surface area contributed by atoms with E-state index in [1.165, 1.54) is 15.3 Å². The second kappa shape index (κ2) is 5.15. The van der Waals surface area contributed by atoms with Gasteiger partial charge < -0.3 is 9.72 Å². The summed E-state index contributed by atoms with van der Waals surface area (Å²) in [7, 11) is 0. The summed E-state index contributed by atoms with van der Waals surface area (Å²) in [6, 6.07) is 8.49. The molecule has 0 aliphatic carbocycles. The Morgan fingerprint density at radius 1 is 1.11 bits per heavy atom. The van der Waals surface area contributed by atoms with Crippen molar-refractivity contribution in [1.29, 1.82) is 0 Å². The van der Waals surface area contributed by atoms with Crippen LogP contribution < -0.4 is 5.32 Å². The van der Waals surface area contributed by atoms with Gasteiger partial charge in [0.1, 0.15) is 5.65 Å². The van der Waals surface area contributed by atoms with Crippen molar-refractivity contribution < 1.29 is 0 Å². The van der Waals surface area contributed by atoms with E-state index in [0.717, 1.165) is 24.4 Å². The first-order valence-electron chi connectivity index (χ1n) is 6.41. The predicted molar refractivity (Wildman–Crippen MR) is 79.5 cm³/mol. The molecule has 3 nitrogen and oxygen atoms in total. The first kappa shape index (κ1) is 12.4. The van der Waals surface area contributed by atoms with Crippen LogP contribution in [0.3, 0.4) is 0 Å². The Bertz CT molecular complexity index is 696. The lowest BCUT2D eigenvalue weighted by Gasteiger charge is -1.99. The summed E-state index contributed by atoms with van der Waals surface area (Å²) < 4.78 is 2.08. The molecule has 98 valence electrons. The molecule has 0 radical (unpaired) electrons. The van der Waals surface area contributed by atoms with Crippen molar-refractivity contribution in [3.8, 4) is 0 Å². The molecule has 4 heteroatoms. The van der Waals surface area contributed by atoms with Gasteiger partial charge in [-0.25, -0.2) is 4.98 Å². The average Bonchev–Trinajstić information content (AvgIpc) is 2.95. The third-order valence-corrected chi connectivity index (χ3v) is 4.05. The molecule has 3 aromatic heterocycles. The average molecular weight is 271 g/mol. The van der Waals surface area contributed by atoms with Crippen molar-refractivity contribution in [2.24, 2.45) is 0 Å². The third-order valence-electron chi connectivity index (χ3n) is 3.05. The van der Waals surface area contributed by atoms with Crippen LogP contribution in [-0.4, -0.2) is 9.38 Å². The van der Waals surface area contributed by atoms with E-state index in [-0.39, 0.29) is 0 Å². The van der Waals surface area contributed by atoms with Crippen molar-refractivity contribution in [3.63, 3.8) is 0 Å². The van der Waals surface area contributed by atoms with Gasteiger partial charge in [0.25, 0.3) is 0 Å². The van der Waals surface area contributed by atoms with E-state index < -0.39 is 0 Å². The van der Waals surface area contributed by atoms with E-state index in [0.29, 0.717) is 0 Å². The molecule has 0 fully saturated rings. The van der Waals surface area contributed by atoms with Crippen LogP contribution in [0.25, 0.3) is 5.65 Å². The molecule has 0 aliphatic heterocycles. The normalized spacial score (nSPS) is 11.3. The quantitative estimate of drug-likeness (QED) is 0.789. The molecule has 19 heavy (non-hydrogen) atoms. The number of rotatable bonds is 4. The van der Waals surface area contributed by atoms with Crippen molar-refractivity contribution in [3.05, 3.63) is 57.7 Å². The van der Waals surface area contributed by atoms with Crippen LogP contribution in [-0.2, 0) is 13.1 Å². The van der Waals surface area contributed by atoms with Crippen molar-refractivity contribution in [2.75, 3.05) is 0 Å². The van der Waals surface area contributed by atoms with E-state index in [9.17, 15) is 0 Å². The highest BCUT2D eigenvalue weighted by molar-refractivity contribution is 7.11. The summed E-state index contributed by atoms with van der Waals surface area (Å²) in [5.41, 5.74) is 3.34.